The Kier molecular flexibility index (Phi) is 5.68. The zero-order chi connectivity index (χ0) is 19.5. The molecule has 0 aliphatic rings. The van der Waals surface area contributed by atoms with Crippen molar-refractivity contribution in [1.29, 1.82) is 0 Å². The minimum atomic E-state index is -4.69. The maximum atomic E-state index is 12.7. The summed E-state index contributed by atoms with van der Waals surface area (Å²) < 4.78 is 73.0. The van der Waals surface area contributed by atoms with Gasteiger partial charge in [-0.05, 0) is 19.1 Å². The third kappa shape index (κ3) is 4.61. The van der Waals surface area contributed by atoms with Gasteiger partial charge in [-0.3, -0.25) is 9.48 Å². The number of carbonyl (C=O) groups excluding carboxylic acids is 1. The van der Waals surface area contributed by atoms with E-state index in [2.05, 4.69) is 15.2 Å². The molecule has 1 heterocycles. The first kappa shape index (κ1) is 19.5. The van der Waals surface area contributed by atoms with Gasteiger partial charge in [0.05, 0.1) is 6.61 Å². The van der Waals surface area contributed by atoms with Crippen molar-refractivity contribution in [2.75, 3.05) is 11.9 Å². The Morgan fingerprint density at radius 1 is 1.27 bits per heavy atom. The quantitative estimate of drug-likeness (QED) is 0.778. The van der Waals surface area contributed by atoms with E-state index in [1.807, 2.05) is 0 Å². The molecule has 1 aromatic heterocycles. The number of anilines is 1. The third-order valence-electron chi connectivity index (χ3n) is 3.12. The van der Waals surface area contributed by atoms with Crippen LogP contribution in [0.4, 0.5) is 27.6 Å². The number of nitrogens with one attached hydrogen (secondary N) is 1. The number of halogens is 5. The molecule has 0 saturated heterocycles. The van der Waals surface area contributed by atoms with Gasteiger partial charge in [-0.25, -0.2) is 0 Å². The average molecular weight is 379 g/mol. The van der Waals surface area contributed by atoms with Gasteiger partial charge in [0.2, 0.25) is 0 Å². The highest BCUT2D eigenvalue weighted by Gasteiger charge is 2.35. The lowest BCUT2D eigenvalue weighted by Crippen LogP contribution is -2.16. The molecule has 0 spiro atoms. The van der Waals surface area contributed by atoms with Crippen LogP contribution in [-0.2, 0) is 13.2 Å². The highest BCUT2D eigenvalue weighted by molar-refractivity contribution is 6.03. The van der Waals surface area contributed by atoms with Gasteiger partial charge in [-0.2, -0.15) is 27.1 Å². The fraction of sp³-hybridized carbons (Fsp3) is 0.333. The second-order valence-electron chi connectivity index (χ2n) is 4.96. The monoisotopic (exact) mass is 379 g/mol. The number of rotatable bonds is 6. The second kappa shape index (κ2) is 7.58. The van der Waals surface area contributed by atoms with Crippen molar-refractivity contribution in [2.45, 2.75) is 19.7 Å². The van der Waals surface area contributed by atoms with Crippen molar-refractivity contribution in [3.05, 3.63) is 35.7 Å². The van der Waals surface area contributed by atoms with Crippen LogP contribution < -0.4 is 14.8 Å². The summed E-state index contributed by atoms with van der Waals surface area (Å²) in [6, 6.07) is 4.23. The number of aryl methyl sites for hydroxylation is 1. The summed E-state index contributed by atoms with van der Waals surface area (Å²) in [7, 11) is 1.19. The Labute approximate surface area is 144 Å². The third-order valence-corrected chi connectivity index (χ3v) is 3.12. The Hall–Kier alpha value is -2.85. The standard InChI is InChI=1S/C15H14F5N3O3/c1-3-25-11-6-8(4-5-10(11)26-14(16)17)21-13(24)9-7-12(15(18,19)20)22-23(9)2/h4-7,14H,3H2,1-2H3,(H,21,24). The van der Waals surface area contributed by atoms with Crippen LogP contribution in [-0.4, -0.2) is 28.9 Å². The molecular formula is C15H14F5N3O3. The molecule has 0 fully saturated rings. The Balaban J connectivity index is 2.23. The molecule has 6 nitrogen and oxygen atoms in total. The zero-order valence-corrected chi connectivity index (χ0v) is 13.6. The van der Waals surface area contributed by atoms with Gasteiger partial charge in [-0.15, -0.1) is 0 Å². The molecule has 0 aliphatic carbocycles. The van der Waals surface area contributed by atoms with Crippen LogP contribution in [0.3, 0.4) is 0 Å². The molecule has 1 amide bonds. The van der Waals surface area contributed by atoms with Crippen LogP contribution in [0.2, 0.25) is 0 Å². The summed E-state index contributed by atoms with van der Waals surface area (Å²) in [4.78, 5) is 12.2. The predicted molar refractivity (Wildman–Crippen MR) is 80.4 cm³/mol. The van der Waals surface area contributed by atoms with Gasteiger partial charge in [-0.1, -0.05) is 0 Å². The number of amides is 1. The van der Waals surface area contributed by atoms with Crippen LogP contribution in [0, 0.1) is 0 Å². The molecule has 1 aromatic carbocycles. The smallest absolute Gasteiger partial charge is 0.435 e. The maximum absolute atomic E-state index is 12.7. The van der Waals surface area contributed by atoms with E-state index in [9.17, 15) is 26.7 Å². The topological polar surface area (TPSA) is 65.4 Å². The fourth-order valence-corrected chi connectivity index (χ4v) is 2.06. The van der Waals surface area contributed by atoms with E-state index in [0.29, 0.717) is 6.07 Å². The van der Waals surface area contributed by atoms with Crippen molar-refractivity contribution >= 4 is 11.6 Å². The van der Waals surface area contributed by atoms with Crippen molar-refractivity contribution in [2.24, 2.45) is 7.05 Å². The van der Waals surface area contributed by atoms with E-state index in [-0.39, 0.29) is 29.5 Å². The Morgan fingerprint density at radius 2 is 1.96 bits per heavy atom. The minimum Gasteiger partial charge on any atom is -0.490 e. The molecule has 0 atom stereocenters. The molecular weight excluding hydrogens is 365 g/mol. The van der Waals surface area contributed by atoms with Gasteiger partial charge in [0.1, 0.15) is 5.69 Å². The van der Waals surface area contributed by atoms with E-state index < -0.39 is 24.4 Å². The molecule has 11 heteroatoms. The summed E-state index contributed by atoms with van der Waals surface area (Å²) in [6.45, 7) is -1.30. The molecule has 1 N–H and O–H groups in total. The SMILES string of the molecule is CCOc1cc(NC(=O)c2cc(C(F)(F)F)nn2C)ccc1OC(F)F. The van der Waals surface area contributed by atoms with Crippen molar-refractivity contribution in [3.63, 3.8) is 0 Å². The van der Waals surface area contributed by atoms with Crippen LogP contribution in [0.1, 0.15) is 23.1 Å². The van der Waals surface area contributed by atoms with Crippen molar-refractivity contribution < 1.29 is 36.2 Å². The lowest BCUT2D eigenvalue weighted by molar-refractivity contribution is -0.141. The Bertz CT molecular complexity index is 789. The van der Waals surface area contributed by atoms with Crippen LogP contribution in [0.5, 0.6) is 11.5 Å². The van der Waals surface area contributed by atoms with Crippen molar-refractivity contribution in [1.82, 2.24) is 9.78 Å². The minimum absolute atomic E-state index is 0.0495. The Morgan fingerprint density at radius 3 is 2.50 bits per heavy atom. The molecule has 142 valence electrons. The lowest BCUT2D eigenvalue weighted by Gasteiger charge is -2.13. The number of hydrogen-bond acceptors (Lipinski definition) is 4. The van der Waals surface area contributed by atoms with Gasteiger partial charge in [0, 0.05) is 24.9 Å². The number of hydrogen-bond donors (Lipinski definition) is 1. The van der Waals surface area contributed by atoms with Gasteiger partial charge >= 0.3 is 12.8 Å². The molecule has 2 aromatic rings. The zero-order valence-electron chi connectivity index (χ0n) is 13.6. The summed E-state index contributed by atoms with van der Waals surface area (Å²) >= 11 is 0. The summed E-state index contributed by atoms with van der Waals surface area (Å²) in [5, 5.41) is 5.59. The van der Waals surface area contributed by atoms with Gasteiger partial charge < -0.3 is 14.8 Å². The molecule has 26 heavy (non-hydrogen) atoms. The van der Waals surface area contributed by atoms with Crippen LogP contribution in [0.15, 0.2) is 24.3 Å². The lowest BCUT2D eigenvalue weighted by atomic mass is 10.2. The molecule has 0 unspecified atom stereocenters. The summed E-state index contributed by atoms with van der Waals surface area (Å²) in [5.74, 6) is -1.15. The highest BCUT2D eigenvalue weighted by Crippen LogP contribution is 2.32. The first-order valence-corrected chi connectivity index (χ1v) is 7.26. The van der Waals surface area contributed by atoms with E-state index in [0.717, 1.165) is 10.7 Å². The average Bonchev–Trinajstić information content (AvgIpc) is 2.92. The number of alkyl halides is 5. The molecule has 0 bridgehead atoms. The largest absolute Gasteiger partial charge is 0.490 e. The fourth-order valence-electron chi connectivity index (χ4n) is 2.06. The summed E-state index contributed by atoms with van der Waals surface area (Å²) in [5.41, 5.74) is -1.42. The van der Waals surface area contributed by atoms with Gasteiger partial charge in [0.15, 0.2) is 17.2 Å². The van der Waals surface area contributed by atoms with Crippen LogP contribution >= 0.6 is 0 Å². The van der Waals surface area contributed by atoms with E-state index >= 15 is 0 Å². The van der Waals surface area contributed by atoms with E-state index in [4.69, 9.17) is 4.74 Å². The number of benzene rings is 1. The number of nitrogens with zero attached hydrogens (tertiary/aromatic N) is 2. The number of ether oxygens (including phenoxy) is 2. The van der Waals surface area contributed by atoms with E-state index in [1.54, 1.807) is 6.92 Å². The first-order chi connectivity index (χ1) is 12.1. The normalized spacial score (nSPS) is 11.5. The van der Waals surface area contributed by atoms with Gasteiger partial charge in [0.25, 0.3) is 5.91 Å². The second-order valence-corrected chi connectivity index (χ2v) is 4.96. The number of carbonyl (C=O) groups is 1. The van der Waals surface area contributed by atoms with Crippen molar-refractivity contribution in [3.8, 4) is 11.5 Å². The molecule has 0 aliphatic heterocycles. The molecule has 2 rings (SSSR count). The first-order valence-electron chi connectivity index (χ1n) is 7.26. The van der Waals surface area contributed by atoms with Crippen LogP contribution in [0.25, 0.3) is 0 Å². The molecule has 0 saturated carbocycles. The highest BCUT2D eigenvalue weighted by atomic mass is 19.4. The number of aromatic nitrogens is 2. The summed E-state index contributed by atoms with van der Waals surface area (Å²) in [6.07, 6.45) is -4.69. The van der Waals surface area contributed by atoms with E-state index in [1.165, 1.54) is 19.2 Å². The molecule has 0 radical (unpaired) electrons. The predicted octanol–water partition coefficient (Wildman–Crippen LogP) is 3.69. The maximum Gasteiger partial charge on any atom is 0.435 e.